The molecule has 12 rings (SSSR count). The second-order valence-corrected chi connectivity index (χ2v) is 27.1. The molecule has 87 heavy (non-hydrogen) atoms. The summed E-state index contributed by atoms with van der Waals surface area (Å²) in [6, 6.07) is 81.1. The van der Waals surface area contributed by atoms with Crippen LogP contribution < -0.4 is 14.5 Å². The van der Waals surface area contributed by atoms with Gasteiger partial charge in [0.25, 0.3) is 0 Å². The molecule has 5 nitrogen and oxygen atoms in total. The van der Waals surface area contributed by atoms with Crippen molar-refractivity contribution in [2.75, 3.05) is 9.80 Å². The first-order chi connectivity index (χ1) is 40.5. The summed E-state index contributed by atoms with van der Waals surface area (Å²) in [5.41, 5.74) is 20.0. The van der Waals surface area contributed by atoms with Gasteiger partial charge in [0.05, 0.1) is 0 Å². The van der Waals surface area contributed by atoms with Crippen molar-refractivity contribution < 1.29 is 25.8 Å². The number of aromatic nitrogens is 2. The largest absolute Gasteiger partial charge is 4.00 e. The van der Waals surface area contributed by atoms with Gasteiger partial charge in [0.2, 0.25) is 0 Å². The van der Waals surface area contributed by atoms with Gasteiger partial charge in [-0.2, -0.15) is 6.07 Å². The molecule has 0 atom stereocenters. The average Bonchev–Trinajstić information content (AvgIpc) is 1.68. The molecule has 1 aliphatic heterocycles. The van der Waals surface area contributed by atoms with E-state index in [0.717, 1.165) is 61.5 Å². The Morgan fingerprint density at radius 3 is 1.62 bits per heavy atom. The van der Waals surface area contributed by atoms with E-state index in [1.54, 1.807) is 0 Å². The summed E-state index contributed by atoms with van der Waals surface area (Å²) >= 11 is 0. The monoisotopic (exact) mass is 1320 g/mol. The minimum Gasteiger partial charge on any atom is -0.509 e. The van der Waals surface area contributed by atoms with Gasteiger partial charge in [0.1, 0.15) is 5.82 Å². The molecule has 1 aliphatic rings. The van der Waals surface area contributed by atoms with Crippen molar-refractivity contribution >= 4 is 44.6 Å². The van der Waals surface area contributed by atoms with Crippen molar-refractivity contribution in [3.05, 3.63) is 277 Å². The van der Waals surface area contributed by atoms with Crippen molar-refractivity contribution in [2.45, 2.75) is 130 Å². The number of nitrogens with zero attached hydrogens (tertiary/aromatic N) is 4. The number of hydrogen-bond donors (Lipinski definition) is 0. The van der Waals surface area contributed by atoms with Gasteiger partial charge in [0.15, 0.2) is 0 Å². The summed E-state index contributed by atoms with van der Waals surface area (Å²) in [7, 11) is 0. The summed E-state index contributed by atoms with van der Waals surface area (Å²) < 4.78 is 9.39. The van der Waals surface area contributed by atoms with Gasteiger partial charge in [-0.1, -0.05) is 236 Å². The third-order valence-electron chi connectivity index (χ3n) is 17.8. The van der Waals surface area contributed by atoms with Crippen LogP contribution in [-0.4, -0.2) is 9.55 Å². The maximum atomic E-state index is 7.15. The molecule has 442 valence electrons. The molecule has 0 radical (unpaired) electrons. The Kier molecular flexibility index (Phi) is 17.1. The van der Waals surface area contributed by atoms with Gasteiger partial charge in [-0.05, 0) is 132 Å². The standard InChI is InChI=1S/C80H79N4O.CH3.Pt/c1-52(2)67-31-24-32-68(53(3)4)76(67)56-34-38-72-74(42-56)83(51-82(72)63-45-61(79(11,12)57-27-20-16-21-28-57)43-62(46-63)80(13,14)58-29-22-17-23-30-58)64-44-60(78(8,9)10)47-66(49-64)85-65-35-36-69-70-41-55(54-25-18-15-19-26-54)33-37-71(70)84(73(69)50-65)75-48-59(39-40-81-75)77(5,6)7;;/h15-48,51-53H,1-14H3;1H3;/q-3;-1;+4. The van der Waals surface area contributed by atoms with E-state index in [9.17, 15) is 0 Å². The quantitative estimate of drug-likeness (QED) is 0.108. The fourth-order valence-corrected chi connectivity index (χ4v) is 12.4. The molecule has 0 N–H and O–H groups in total. The van der Waals surface area contributed by atoms with Crippen molar-refractivity contribution in [1.82, 2.24) is 9.55 Å². The Morgan fingerprint density at radius 1 is 0.448 bits per heavy atom. The molecule has 6 heteroatoms. The van der Waals surface area contributed by atoms with Gasteiger partial charge in [0, 0.05) is 51.1 Å². The Morgan fingerprint density at radius 2 is 1.03 bits per heavy atom. The van der Waals surface area contributed by atoms with E-state index in [1.165, 1.54) is 55.6 Å². The van der Waals surface area contributed by atoms with E-state index in [-0.39, 0.29) is 50.2 Å². The second kappa shape index (κ2) is 23.9. The predicted molar refractivity (Wildman–Crippen MR) is 364 cm³/mol. The number of ether oxygens (including phenoxy) is 1. The first-order valence-electron chi connectivity index (χ1n) is 30.3. The zero-order valence-corrected chi connectivity index (χ0v) is 55.6. The number of benzene rings is 9. The fourth-order valence-electron chi connectivity index (χ4n) is 12.4. The zero-order valence-electron chi connectivity index (χ0n) is 53.4. The molecule has 0 spiro atoms. The van der Waals surface area contributed by atoms with Crippen LogP contribution in [0.5, 0.6) is 11.5 Å². The molecule has 11 aromatic rings. The number of anilines is 4. The van der Waals surface area contributed by atoms with Crippen LogP contribution in [0.15, 0.2) is 206 Å². The molecule has 0 unspecified atom stereocenters. The maximum Gasteiger partial charge on any atom is 4.00 e. The SMILES string of the molecule is CC(C)c1cccc(C(C)C)c1-c1ccc2c(c1)N(c1[c-]c(Oc3[c-]c4c(cc3)c3cc(-c5ccccc5)ccc3n4-c3cc(C(C)(C)C)ccn3)cc(C(C)(C)C)c1)[CH-]N2c1cc(C(C)(C)c2ccccc2)cc(C(C)(C)c2ccccc2)c1.[CH3-].[Pt+4]. The van der Waals surface area contributed by atoms with Gasteiger partial charge in [-0.25, -0.2) is 4.98 Å². The Labute approximate surface area is 533 Å². The van der Waals surface area contributed by atoms with Crippen molar-refractivity contribution in [2.24, 2.45) is 0 Å². The van der Waals surface area contributed by atoms with Gasteiger partial charge < -0.3 is 26.5 Å². The Balaban J connectivity index is 0.00000419. The summed E-state index contributed by atoms with van der Waals surface area (Å²) in [6.45, 7) is 34.5. The van der Waals surface area contributed by atoms with Crippen LogP contribution in [0.4, 0.5) is 22.7 Å². The van der Waals surface area contributed by atoms with Crippen LogP contribution in [0.1, 0.15) is 153 Å². The first-order valence-corrected chi connectivity index (χ1v) is 30.3. The predicted octanol–water partition coefficient (Wildman–Crippen LogP) is 22.3. The van der Waals surface area contributed by atoms with E-state index in [1.807, 2.05) is 6.20 Å². The van der Waals surface area contributed by atoms with Gasteiger partial charge in [-0.3, -0.25) is 0 Å². The molecule has 2 aromatic heterocycles. The van der Waals surface area contributed by atoms with E-state index in [4.69, 9.17) is 9.72 Å². The summed E-state index contributed by atoms with van der Waals surface area (Å²) in [5.74, 6) is 2.69. The maximum absolute atomic E-state index is 7.15. The Bertz CT molecular complexity index is 4180. The molecule has 3 heterocycles. The van der Waals surface area contributed by atoms with Crippen LogP contribution >= 0.6 is 0 Å². The molecule has 0 aliphatic carbocycles. The van der Waals surface area contributed by atoms with Gasteiger partial charge >= 0.3 is 21.1 Å². The number of fused-ring (bicyclic) bond motifs is 4. The Hall–Kier alpha value is -7.98. The van der Waals surface area contributed by atoms with Crippen LogP contribution in [0, 0.1) is 26.2 Å². The third-order valence-corrected chi connectivity index (χ3v) is 17.8. The van der Waals surface area contributed by atoms with Crippen molar-refractivity contribution in [3.63, 3.8) is 0 Å². The van der Waals surface area contributed by atoms with Crippen LogP contribution in [-0.2, 0) is 42.7 Å². The van der Waals surface area contributed by atoms with E-state index >= 15 is 0 Å². The van der Waals surface area contributed by atoms with Crippen molar-refractivity contribution in [1.29, 1.82) is 0 Å². The molecular formula is C81H82N4OPt. The average molecular weight is 1320 g/mol. The number of pyridine rings is 1. The van der Waals surface area contributed by atoms with E-state index in [0.29, 0.717) is 23.3 Å². The summed E-state index contributed by atoms with van der Waals surface area (Å²) in [4.78, 5) is 9.77. The first kappa shape index (κ1) is 62.1. The van der Waals surface area contributed by atoms with Crippen LogP contribution in [0.2, 0.25) is 0 Å². The normalized spacial score (nSPS) is 12.9. The fraction of sp³-hybridized carbons (Fsp3) is 0.247. The van der Waals surface area contributed by atoms with Crippen molar-refractivity contribution in [3.8, 4) is 39.6 Å². The summed E-state index contributed by atoms with van der Waals surface area (Å²) in [5, 5.41) is 2.20. The molecular weight excluding hydrogens is 1240 g/mol. The molecule has 0 saturated carbocycles. The minimum absolute atomic E-state index is 0. The second-order valence-electron chi connectivity index (χ2n) is 27.1. The minimum atomic E-state index is -0.313. The molecule has 0 bridgehead atoms. The number of rotatable bonds is 13. The molecule has 0 amide bonds. The smallest absolute Gasteiger partial charge is 0.509 e. The van der Waals surface area contributed by atoms with Gasteiger partial charge in [-0.15, -0.1) is 53.6 Å². The van der Waals surface area contributed by atoms with Crippen LogP contribution in [0.3, 0.4) is 0 Å². The van der Waals surface area contributed by atoms with Crippen LogP contribution in [0.25, 0.3) is 49.9 Å². The molecule has 0 fully saturated rings. The van der Waals surface area contributed by atoms with E-state index in [2.05, 4.69) is 330 Å². The van der Waals surface area contributed by atoms with E-state index < -0.39 is 0 Å². The topological polar surface area (TPSA) is 33.5 Å². The molecule has 9 aromatic carbocycles. The zero-order chi connectivity index (χ0) is 59.7. The summed E-state index contributed by atoms with van der Waals surface area (Å²) in [6.07, 6.45) is 1.93. The number of hydrogen-bond acceptors (Lipinski definition) is 4. The third kappa shape index (κ3) is 11.9. The molecule has 0 saturated heterocycles.